The molecule has 1 unspecified atom stereocenters. The zero-order chi connectivity index (χ0) is 19.8. The lowest BCUT2D eigenvalue weighted by atomic mass is 10.1. The van der Waals surface area contributed by atoms with Gasteiger partial charge >= 0.3 is 0 Å². The van der Waals surface area contributed by atoms with Crippen LogP contribution in [-0.2, 0) is 21.2 Å². The molecule has 2 N–H and O–H groups in total. The van der Waals surface area contributed by atoms with E-state index in [1.54, 1.807) is 28.4 Å². The van der Waals surface area contributed by atoms with Crippen molar-refractivity contribution in [3.05, 3.63) is 35.6 Å². The molecule has 0 saturated heterocycles. The number of benzene rings is 1. The van der Waals surface area contributed by atoms with Crippen LogP contribution >= 0.6 is 11.3 Å². The van der Waals surface area contributed by atoms with Crippen molar-refractivity contribution in [3.63, 3.8) is 0 Å². The second kappa shape index (κ2) is 7.02. The van der Waals surface area contributed by atoms with Gasteiger partial charge < -0.3 is 0 Å². The molecule has 0 radical (unpaired) electrons. The summed E-state index contributed by atoms with van der Waals surface area (Å²) in [7, 11) is -3.73. The fraction of sp³-hybridized carbons (Fsp3) is 0.353. The highest BCUT2D eigenvalue weighted by Gasteiger charge is 2.43. The molecule has 0 saturated carbocycles. The van der Waals surface area contributed by atoms with Crippen molar-refractivity contribution >= 4 is 37.3 Å². The van der Waals surface area contributed by atoms with Crippen LogP contribution in [0.15, 0.2) is 30.6 Å². The lowest BCUT2D eigenvalue weighted by Gasteiger charge is -2.24. The van der Waals surface area contributed by atoms with E-state index in [9.17, 15) is 13.2 Å². The number of amides is 1. The zero-order valence-electron chi connectivity index (χ0n) is 15.1. The molecule has 0 bridgehead atoms. The average molecular weight is 409 g/mol. The van der Waals surface area contributed by atoms with Gasteiger partial charge in [-0.2, -0.15) is 5.10 Å². The number of aryl methyl sites for hydroxylation is 2. The smallest absolute Gasteiger partial charge is 0.264 e. The second-order valence-corrected chi connectivity index (χ2v) is 10.3. The van der Waals surface area contributed by atoms with E-state index >= 15 is 0 Å². The minimum Gasteiger partial charge on any atom is -0.289 e. The van der Waals surface area contributed by atoms with Gasteiger partial charge in [0.1, 0.15) is 0 Å². The number of nitrogens with zero attached hydrogens (tertiary/aromatic N) is 3. The monoisotopic (exact) mass is 408 g/mol. The van der Waals surface area contributed by atoms with Gasteiger partial charge in [0.15, 0.2) is 14.6 Å². The highest BCUT2D eigenvalue weighted by molar-refractivity contribution is 7.92. The lowest BCUT2D eigenvalue weighted by molar-refractivity contribution is -0.131. The third-order valence-corrected chi connectivity index (χ3v) is 7.64. The van der Waals surface area contributed by atoms with E-state index < -0.39 is 20.5 Å². The molecule has 1 atom stereocenters. The van der Waals surface area contributed by atoms with E-state index in [1.807, 2.05) is 25.1 Å². The number of hydrogen-bond donors (Lipinski definition) is 2. The number of hydroxylamine groups is 1. The molecule has 27 heavy (non-hydrogen) atoms. The third-order valence-electron chi connectivity index (χ3n) is 4.68. The molecule has 0 aliphatic carbocycles. The van der Waals surface area contributed by atoms with Crippen molar-refractivity contribution in [2.75, 3.05) is 6.26 Å². The standard InChI is InChI=1S/C17H20N4O4S2/c1-11-19-14-5-4-12(8-15(14)26-11)13-9-18-21(10-13)7-6-17(2,16(22)20-23)27(3,24)25/h4-5,8-10,23H,6-7H2,1-3H3,(H,20,22). The molecule has 10 heteroatoms. The number of rotatable bonds is 6. The fourth-order valence-electron chi connectivity index (χ4n) is 2.77. The van der Waals surface area contributed by atoms with Crippen LogP contribution in [-0.4, -0.2) is 45.3 Å². The minimum atomic E-state index is -3.73. The maximum atomic E-state index is 12.0. The first kappa shape index (κ1) is 19.5. The highest BCUT2D eigenvalue weighted by atomic mass is 32.2. The summed E-state index contributed by atoms with van der Waals surface area (Å²) >= 11 is 1.62. The predicted octanol–water partition coefficient (Wildman–Crippen LogP) is 2.17. The van der Waals surface area contributed by atoms with Gasteiger partial charge in [-0.05, 0) is 38.0 Å². The Labute approximate surface area is 160 Å². The summed E-state index contributed by atoms with van der Waals surface area (Å²) < 4.78 is 25.0. The van der Waals surface area contributed by atoms with E-state index in [4.69, 9.17) is 5.21 Å². The van der Waals surface area contributed by atoms with Crippen molar-refractivity contribution in [2.45, 2.75) is 31.6 Å². The Morgan fingerprint density at radius 2 is 2.11 bits per heavy atom. The first-order valence-corrected chi connectivity index (χ1v) is 10.9. The summed E-state index contributed by atoms with van der Waals surface area (Å²) in [6.45, 7) is 3.46. The van der Waals surface area contributed by atoms with Crippen LogP contribution in [0.2, 0.25) is 0 Å². The van der Waals surface area contributed by atoms with Gasteiger partial charge in [0.25, 0.3) is 5.91 Å². The molecular formula is C17H20N4O4S2. The Morgan fingerprint density at radius 1 is 1.37 bits per heavy atom. The molecule has 0 spiro atoms. The van der Waals surface area contributed by atoms with Crippen molar-refractivity contribution < 1.29 is 18.4 Å². The van der Waals surface area contributed by atoms with Gasteiger partial charge in [-0.25, -0.2) is 18.9 Å². The molecule has 144 valence electrons. The van der Waals surface area contributed by atoms with Crippen LogP contribution in [0.3, 0.4) is 0 Å². The number of hydrogen-bond acceptors (Lipinski definition) is 7. The molecule has 1 amide bonds. The molecule has 2 heterocycles. The lowest BCUT2D eigenvalue weighted by Crippen LogP contribution is -2.49. The largest absolute Gasteiger partial charge is 0.289 e. The van der Waals surface area contributed by atoms with Crippen molar-refractivity contribution in [1.82, 2.24) is 20.2 Å². The van der Waals surface area contributed by atoms with Crippen molar-refractivity contribution in [1.29, 1.82) is 0 Å². The average Bonchev–Trinajstić information content (AvgIpc) is 3.22. The van der Waals surface area contributed by atoms with E-state index in [1.165, 1.54) is 12.4 Å². The van der Waals surface area contributed by atoms with Crippen LogP contribution in [0.25, 0.3) is 21.3 Å². The normalized spacial score (nSPS) is 14.2. The van der Waals surface area contributed by atoms with Gasteiger partial charge in [-0.1, -0.05) is 6.07 Å². The van der Waals surface area contributed by atoms with Gasteiger partial charge in [0.2, 0.25) is 0 Å². The first-order chi connectivity index (χ1) is 12.6. The fourth-order valence-corrected chi connectivity index (χ4v) is 4.48. The number of fused-ring (bicyclic) bond motifs is 1. The zero-order valence-corrected chi connectivity index (χ0v) is 16.8. The Balaban J connectivity index is 1.81. The van der Waals surface area contributed by atoms with Crippen LogP contribution in [0.4, 0.5) is 0 Å². The van der Waals surface area contributed by atoms with Gasteiger partial charge in [-0.15, -0.1) is 11.3 Å². The van der Waals surface area contributed by atoms with Crippen molar-refractivity contribution in [3.8, 4) is 11.1 Å². The van der Waals surface area contributed by atoms with Crippen LogP contribution in [0.5, 0.6) is 0 Å². The maximum absolute atomic E-state index is 12.0. The van der Waals surface area contributed by atoms with Gasteiger partial charge in [0.05, 0.1) is 21.4 Å². The summed E-state index contributed by atoms with van der Waals surface area (Å²) in [5, 5.41) is 14.1. The van der Waals surface area contributed by atoms with Crippen LogP contribution < -0.4 is 5.48 Å². The van der Waals surface area contributed by atoms with Crippen molar-refractivity contribution in [2.24, 2.45) is 0 Å². The number of carbonyl (C=O) groups is 1. The summed E-state index contributed by atoms with van der Waals surface area (Å²) in [6.07, 6.45) is 4.45. The molecule has 1 aromatic carbocycles. The van der Waals surface area contributed by atoms with E-state index in [2.05, 4.69) is 10.1 Å². The second-order valence-electron chi connectivity index (χ2n) is 6.60. The summed E-state index contributed by atoms with van der Waals surface area (Å²) in [4.78, 5) is 16.3. The summed E-state index contributed by atoms with van der Waals surface area (Å²) in [6, 6.07) is 5.96. The minimum absolute atomic E-state index is 0.0214. The molecule has 2 aromatic heterocycles. The molecule has 0 fully saturated rings. The Bertz CT molecular complexity index is 1100. The third kappa shape index (κ3) is 3.73. The number of sulfone groups is 1. The van der Waals surface area contributed by atoms with E-state index in [0.717, 1.165) is 32.6 Å². The topological polar surface area (TPSA) is 114 Å². The SMILES string of the molecule is Cc1nc2ccc(-c3cnn(CCC(C)(C(=O)NO)S(C)(=O)=O)c3)cc2s1. The Morgan fingerprint density at radius 3 is 2.78 bits per heavy atom. The molecule has 3 aromatic rings. The summed E-state index contributed by atoms with van der Waals surface area (Å²) in [5.74, 6) is -0.955. The Hall–Kier alpha value is -2.30. The number of thiazole rings is 1. The molecule has 8 nitrogen and oxygen atoms in total. The van der Waals surface area contributed by atoms with Gasteiger partial charge in [0, 0.05) is 24.6 Å². The summed E-state index contributed by atoms with van der Waals surface area (Å²) in [5.41, 5.74) is 4.26. The highest BCUT2D eigenvalue weighted by Crippen LogP contribution is 2.28. The Kier molecular flexibility index (Phi) is 5.06. The molecule has 0 aliphatic rings. The predicted molar refractivity (Wildman–Crippen MR) is 103 cm³/mol. The van der Waals surface area contributed by atoms with Gasteiger partial charge in [-0.3, -0.25) is 14.7 Å². The number of nitrogens with one attached hydrogen (secondary N) is 1. The molecule has 0 aliphatic heterocycles. The first-order valence-electron chi connectivity index (χ1n) is 8.18. The molecular weight excluding hydrogens is 388 g/mol. The van der Waals surface area contributed by atoms with Crippen LogP contribution in [0, 0.1) is 6.92 Å². The maximum Gasteiger partial charge on any atom is 0.264 e. The quantitative estimate of drug-likeness (QED) is 0.477. The van der Waals surface area contributed by atoms with E-state index in [0.29, 0.717) is 0 Å². The van der Waals surface area contributed by atoms with E-state index in [-0.39, 0.29) is 13.0 Å². The molecule has 3 rings (SSSR count). The number of aromatic nitrogens is 3. The van der Waals surface area contributed by atoms with Crippen LogP contribution in [0.1, 0.15) is 18.4 Å². The number of carbonyl (C=O) groups excluding carboxylic acids is 1.